The highest BCUT2D eigenvalue weighted by Gasteiger charge is 2.57. The fourth-order valence-electron chi connectivity index (χ4n) is 3.19. The molecule has 182 valence electrons. The van der Waals surface area contributed by atoms with Gasteiger partial charge in [-0.3, -0.25) is 0 Å². The molecule has 1 atom stereocenters. The smallest absolute Gasteiger partial charge is 0.435 e. The predicted octanol–water partition coefficient (Wildman–Crippen LogP) is 4.90. The van der Waals surface area contributed by atoms with Gasteiger partial charge in [-0.15, -0.1) is 0 Å². The van der Waals surface area contributed by atoms with Crippen molar-refractivity contribution in [2.45, 2.75) is 85.3 Å². The highest BCUT2D eigenvalue weighted by molar-refractivity contribution is 5.95. The SMILES string of the molecule is CC(C)CC1(C(=O)OCc2ccccc2)N=CN(C(=O)OC(C)(C)C)N1C(=O)OC(C)(C)C. The number of carbonyl (C=O) groups is 3. The Labute approximate surface area is 195 Å². The van der Waals surface area contributed by atoms with Gasteiger partial charge >= 0.3 is 18.2 Å². The minimum atomic E-state index is -1.82. The second kappa shape index (κ2) is 9.80. The monoisotopic (exact) mass is 461 g/mol. The first-order valence-electron chi connectivity index (χ1n) is 11.0. The molecule has 0 radical (unpaired) electrons. The molecule has 1 aromatic carbocycles. The van der Waals surface area contributed by atoms with E-state index in [0.29, 0.717) is 0 Å². The standard InChI is InChI=1S/C24H35N3O6/c1-17(2)14-24(19(28)31-15-18-12-10-9-11-13-18)25-16-26(20(29)32-22(3,4)5)27(24)21(30)33-23(6,7)8/h9-13,16-17H,14-15H2,1-8H3. The first-order chi connectivity index (χ1) is 15.1. The van der Waals surface area contributed by atoms with E-state index in [1.807, 2.05) is 44.2 Å². The van der Waals surface area contributed by atoms with Crippen molar-refractivity contribution in [2.75, 3.05) is 0 Å². The van der Waals surface area contributed by atoms with Crippen molar-refractivity contribution in [1.82, 2.24) is 10.0 Å². The number of carbonyl (C=O) groups excluding carboxylic acids is 3. The van der Waals surface area contributed by atoms with Crippen LogP contribution >= 0.6 is 0 Å². The summed E-state index contributed by atoms with van der Waals surface area (Å²) in [7, 11) is 0. The average Bonchev–Trinajstić information content (AvgIpc) is 3.04. The van der Waals surface area contributed by atoms with E-state index in [-0.39, 0.29) is 18.9 Å². The Morgan fingerprint density at radius 1 is 0.939 bits per heavy atom. The molecule has 2 rings (SSSR count). The number of aliphatic imine (C=N–C) groups is 1. The molecule has 0 saturated heterocycles. The van der Waals surface area contributed by atoms with Gasteiger partial charge in [-0.2, -0.15) is 10.0 Å². The lowest BCUT2D eigenvalue weighted by Gasteiger charge is -2.39. The molecule has 1 aliphatic heterocycles. The molecule has 9 heteroatoms. The van der Waals surface area contributed by atoms with Crippen LogP contribution in [0.2, 0.25) is 0 Å². The molecule has 0 fully saturated rings. The van der Waals surface area contributed by atoms with E-state index in [2.05, 4.69) is 4.99 Å². The highest BCUT2D eigenvalue weighted by Crippen LogP contribution is 2.35. The van der Waals surface area contributed by atoms with Crippen molar-refractivity contribution in [1.29, 1.82) is 0 Å². The van der Waals surface area contributed by atoms with E-state index in [1.165, 1.54) is 0 Å². The summed E-state index contributed by atoms with van der Waals surface area (Å²) in [5.74, 6) is -0.844. The second-order valence-corrected chi connectivity index (χ2v) is 10.3. The molecule has 0 N–H and O–H groups in total. The fraction of sp³-hybridized carbons (Fsp3) is 0.583. The summed E-state index contributed by atoms with van der Waals surface area (Å²) in [6, 6.07) is 9.16. The summed E-state index contributed by atoms with van der Waals surface area (Å²) in [6.07, 6.45) is -0.554. The Bertz CT molecular complexity index is 886. The van der Waals surface area contributed by atoms with E-state index < -0.39 is 35.0 Å². The maximum absolute atomic E-state index is 13.4. The van der Waals surface area contributed by atoms with Crippen LogP contribution in [0.15, 0.2) is 35.3 Å². The van der Waals surface area contributed by atoms with Crippen LogP contribution in [0.3, 0.4) is 0 Å². The molecular weight excluding hydrogens is 426 g/mol. The summed E-state index contributed by atoms with van der Waals surface area (Å²) < 4.78 is 16.5. The molecule has 0 spiro atoms. The summed E-state index contributed by atoms with van der Waals surface area (Å²) >= 11 is 0. The van der Waals surface area contributed by atoms with Gasteiger partial charge in [0.1, 0.15) is 24.1 Å². The van der Waals surface area contributed by atoms with Gasteiger partial charge in [-0.25, -0.2) is 19.4 Å². The zero-order valence-corrected chi connectivity index (χ0v) is 20.7. The van der Waals surface area contributed by atoms with Crippen molar-refractivity contribution in [2.24, 2.45) is 10.9 Å². The number of ether oxygens (including phenoxy) is 3. The normalized spacial score (nSPS) is 18.5. The van der Waals surface area contributed by atoms with Crippen molar-refractivity contribution in [3.8, 4) is 0 Å². The van der Waals surface area contributed by atoms with Crippen LogP contribution in [0, 0.1) is 5.92 Å². The van der Waals surface area contributed by atoms with Gasteiger partial charge in [-0.05, 0) is 53.0 Å². The van der Waals surface area contributed by atoms with Crippen molar-refractivity contribution in [3.05, 3.63) is 35.9 Å². The topological polar surface area (TPSA) is 97.7 Å². The Hall–Kier alpha value is -3.10. The Balaban J connectivity index is 2.45. The molecule has 2 amide bonds. The van der Waals surface area contributed by atoms with E-state index in [1.54, 1.807) is 41.5 Å². The number of hydrazine groups is 1. The molecule has 9 nitrogen and oxygen atoms in total. The Morgan fingerprint density at radius 3 is 2.00 bits per heavy atom. The number of rotatable bonds is 5. The predicted molar refractivity (Wildman–Crippen MR) is 123 cm³/mol. The summed E-state index contributed by atoms with van der Waals surface area (Å²) in [5, 5.41) is 1.78. The lowest BCUT2D eigenvalue weighted by atomic mass is 9.97. The molecule has 1 heterocycles. The van der Waals surface area contributed by atoms with Crippen LogP contribution < -0.4 is 0 Å². The second-order valence-electron chi connectivity index (χ2n) is 10.3. The van der Waals surface area contributed by atoms with Crippen molar-refractivity contribution < 1.29 is 28.6 Å². The fourth-order valence-corrected chi connectivity index (χ4v) is 3.19. The first-order valence-corrected chi connectivity index (χ1v) is 11.0. The van der Waals surface area contributed by atoms with E-state index in [9.17, 15) is 14.4 Å². The quantitative estimate of drug-likeness (QED) is 0.457. The summed E-state index contributed by atoms with van der Waals surface area (Å²) in [6.45, 7) is 13.9. The molecule has 33 heavy (non-hydrogen) atoms. The van der Waals surface area contributed by atoms with Crippen LogP contribution in [-0.4, -0.2) is 51.4 Å². The van der Waals surface area contributed by atoms with Gasteiger partial charge in [0.05, 0.1) is 0 Å². The number of hydrogen-bond acceptors (Lipinski definition) is 7. The van der Waals surface area contributed by atoms with Gasteiger partial charge in [0, 0.05) is 6.42 Å². The van der Waals surface area contributed by atoms with E-state index in [0.717, 1.165) is 21.9 Å². The Kier molecular flexibility index (Phi) is 7.77. The van der Waals surface area contributed by atoms with Gasteiger partial charge < -0.3 is 14.2 Å². The maximum Gasteiger partial charge on any atom is 0.435 e. The third-order valence-electron chi connectivity index (χ3n) is 4.33. The molecule has 0 aromatic heterocycles. The molecule has 0 bridgehead atoms. The van der Waals surface area contributed by atoms with Crippen LogP contribution in [0.4, 0.5) is 9.59 Å². The third-order valence-corrected chi connectivity index (χ3v) is 4.33. The Morgan fingerprint density at radius 2 is 1.48 bits per heavy atom. The van der Waals surface area contributed by atoms with Crippen LogP contribution in [0.5, 0.6) is 0 Å². The minimum absolute atomic E-state index is 0.0103. The van der Waals surface area contributed by atoms with Gasteiger partial charge in [0.25, 0.3) is 5.66 Å². The van der Waals surface area contributed by atoms with Crippen LogP contribution in [-0.2, 0) is 25.6 Å². The van der Waals surface area contributed by atoms with Gasteiger partial charge in [0.15, 0.2) is 0 Å². The summed E-state index contributed by atoms with van der Waals surface area (Å²) in [4.78, 5) is 44.0. The molecule has 1 aliphatic rings. The average molecular weight is 462 g/mol. The first kappa shape index (κ1) is 26.2. The highest BCUT2D eigenvalue weighted by atomic mass is 16.6. The van der Waals surface area contributed by atoms with E-state index in [4.69, 9.17) is 14.2 Å². The van der Waals surface area contributed by atoms with E-state index >= 15 is 0 Å². The van der Waals surface area contributed by atoms with Crippen LogP contribution in [0.1, 0.15) is 67.4 Å². The van der Waals surface area contributed by atoms with Crippen LogP contribution in [0.25, 0.3) is 0 Å². The number of benzene rings is 1. The molecule has 0 aliphatic carbocycles. The number of nitrogens with zero attached hydrogens (tertiary/aromatic N) is 3. The largest absolute Gasteiger partial charge is 0.458 e. The number of esters is 1. The zero-order valence-electron chi connectivity index (χ0n) is 20.7. The van der Waals surface area contributed by atoms with Gasteiger partial charge in [-0.1, -0.05) is 44.2 Å². The lowest BCUT2D eigenvalue weighted by Crippen LogP contribution is -2.61. The van der Waals surface area contributed by atoms with Crippen molar-refractivity contribution in [3.63, 3.8) is 0 Å². The molecule has 1 aromatic rings. The molecular formula is C24H35N3O6. The lowest BCUT2D eigenvalue weighted by molar-refractivity contribution is -0.165. The number of amides is 2. The summed E-state index contributed by atoms with van der Waals surface area (Å²) in [5.41, 5.74) is -2.75. The molecule has 0 saturated carbocycles. The van der Waals surface area contributed by atoms with Gasteiger partial charge in [0.2, 0.25) is 0 Å². The molecule has 1 unspecified atom stereocenters. The minimum Gasteiger partial charge on any atom is -0.458 e. The maximum atomic E-state index is 13.4. The number of hydrogen-bond donors (Lipinski definition) is 0. The third kappa shape index (κ3) is 6.94. The van der Waals surface area contributed by atoms with Crippen molar-refractivity contribution >= 4 is 24.5 Å². The zero-order chi connectivity index (χ0) is 25.0.